The topological polar surface area (TPSA) is 23.8 Å². The molecule has 0 bridgehead atoms. The van der Waals surface area contributed by atoms with E-state index in [4.69, 9.17) is 5.26 Å². The molecule has 0 N–H and O–H groups in total. The Kier molecular flexibility index (Phi) is 3.67. The predicted octanol–water partition coefficient (Wildman–Crippen LogP) is 4.14. The molecule has 2 saturated carbocycles. The molecule has 0 amide bonds. The lowest BCUT2D eigenvalue weighted by Gasteiger charge is -2.40. The van der Waals surface area contributed by atoms with Crippen molar-refractivity contribution in [2.75, 3.05) is 0 Å². The lowest BCUT2D eigenvalue weighted by molar-refractivity contribution is 0.109. The summed E-state index contributed by atoms with van der Waals surface area (Å²) in [6.07, 6.45) is 10.8. The fourth-order valence-corrected chi connectivity index (χ4v) is 3.77. The summed E-state index contributed by atoms with van der Waals surface area (Å²) in [7, 11) is 0. The first-order valence-electron chi connectivity index (χ1n) is 6.73. The maximum absolute atomic E-state index is 8.97. The molecule has 4 atom stereocenters. The molecule has 0 aliphatic heterocycles. The van der Waals surface area contributed by atoms with Crippen LogP contribution in [0.4, 0.5) is 0 Å². The Morgan fingerprint density at radius 1 is 1.07 bits per heavy atom. The van der Waals surface area contributed by atoms with Crippen LogP contribution in [0.25, 0.3) is 0 Å². The fraction of sp³-hybridized carbons (Fsp3) is 0.929. The quantitative estimate of drug-likeness (QED) is 0.664. The molecule has 2 aliphatic rings. The molecular formula is C14H23N. The molecule has 1 nitrogen and oxygen atoms in total. The monoisotopic (exact) mass is 205 g/mol. The molecule has 0 radical (unpaired) electrons. The molecule has 0 saturated heterocycles. The molecule has 84 valence electrons. The molecule has 2 fully saturated rings. The van der Waals surface area contributed by atoms with Gasteiger partial charge in [0.1, 0.15) is 0 Å². The standard InChI is InChI=1S/C14H23N/c1-2-3-11-4-6-14-9-12(10-15)5-7-13(14)8-11/h11-14H,2-9H2,1H3/t11?,12-,13-,14?/m1/s1. The summed E-state index contributed by atoms with van der Waals surface area (Å²) >= 11 is 0. The van der Waals surface area contributed by atoms with Crippen LogP contribution in [0.15, 0.2) is 0 Å². The third-order valence-electron chi connectivity index (χ3n) is 4.60. The van der Waals surface area contributed by atoms with Crippen LogP contribution in [-0.4, -0.2) is 0 Å². The molecule has 0 aromatic heterocycles. The van der Waals surface area contributed by atoms with Crippen LogP contribution < -0.4 is 0 Å². The van der Waals surface area contributed by atoms with E-state index in [2.05, 4.69) is 13.0 Å². The Hall–Kier alpha value is -0.510. The third kappa shape index (κ3) is 2.54. The third-order valence-corrected chi connectivity index (χ3v) is 4.60. The van der Waals surface area contributed by atoms with Crippen LogP contribution in [0, 0.1) is 35.0 Å². The zero-order valence-electron chi connectivity index (χ0n) is 9.91. The van der Waals surface area contributed by atoms with Gasteiger partial charge in [-0.25, -0.2) is 0 Å². The van der Waals surface area contributed by atoms with Crippen molar-refractivity contribution in [2.45, 2.75) is 58.3 Å². The molecular weight excluding hydrogens is 182 g/mol. The molecule has 15 heavy (non-hydrogen) atoms. The van der Waals surface area contributed by atoms with Gasteiger partial charge in [0.05, 0.1) is 6.07 Å². The largest absolute Gasteiger partial charge is 0.198 e. The summed E-state index contributed by atoms with van der Waals surface area (Å²) in [5.74, 6) is 3.26. The normalized spacial score (nSPS) is 40.5. The van der Waals surface area contributed by atoms with Crippen molar-refractivity contribution in [1.29, 1.82) is 5.26 Å². The van der Waals surface area contributed by atoms with Gasteiger partial charge in [-0.3, -0.25) is 0 Å². The Balaban J connectivity index is 1.87. The van der Waals surface area contributed by atoms with E-state index in [1.165, 1.54) is 51.4 Å². The number of hydrogen-bond acceptors (Lipinski definition) is 1. The first kappa shape index (κ1) is 11.0. The van der Waals surface area contributed by atoms with E-state index < -0.39 is 0 Å². The smallest absolute Gasteiger partial charge is 0.0655 e. The maximum Gasteiger partial charge on any atom is 0.0655 e. The van der Waals surface area contributed by atoms with E-state index in [0.717, 1.165) is 17.8 Å². The zero-order chi connectivity index (χ0) is 10.7. The summed E-state index contributed by atoms with van der Waals surface area (Å²) in [5, 5.41) is 8.97. The Morgan fingerprint density at radius 3 is 2.53 bits per heavy atom. The molecule has 1 heteroatoms. The molecule has 0 spiro atoms. The van der Waals surface area contributed by atoms with Crippen molar-refractivity contribution in [1.82, 2.24) is 0 Å². The minimum atomic E-state index is 0.383. The minimum absolute atomic E-state index is 0.383. The summed E-state index contributed by atoms with van der Waals surface area (Å²) in [6.45, 7) is 2.30. The number of nitrogens with zero attached hydrogens (tertiary/aromatic N) is 1. The molecule has 2 unspecified atom stereocenters. The van der Waals surface area contributed by atoms with Gasteiger partial charge in [0.25, 0.3) is 0 Å². The van der Waals surface area contributed by atoms with Crippen LogP contribution in [0.1, 0.15) is 58.3 Å². The van der Waals surface area contributed by atoms with E-state index in [9.17, 15) is 0 Å². The summed E-state index contributed by atoms with van der Waals surface area (Å²) in [5.41, 5.74) is 0. The highest BCUT2D eigenvalue weighted by atomic mass is 14.4. The lowest BCUT2D eigenvalue weighted by Crippen LogP contribution is -2.30. The van der Waals surface area contributed by atoms with Gasteiger partial charge < -0.3 is 0 Å². The van der Waals surface area contributed by atoms with Crippen LogP contribution in [0.3, 0.4) is 0 Å². The SMILES string of the molecule is CCCC1CCC2C[C@H](C#N)CC[C@@H]2C1. The second-order valence-corrected chi connectivity index (χ2v) is 5.63. The highest BCUT2D eigenvalue weighted by molar-refractivity contribution is 4.93. The van der Waals surface area contributed by atoms with E-state index in [0.29, 0.717) is 5.92 Å². The van der Waals surface area contributed by atoms with Gasteiger partial charge in [0.2, 0.25) is 0 Å². The van der Waals surface area contributed by atoms with Crippen LogP contribution in [0.5, 0.6) is 0 Å². The first-order valence-corrected chi connectivity index (χ1v) is 6.73. The summed E-state index contributed by atoms with van der Waals surface area (Å²) in [6, 6.07) is 2.47. The zero-order valence-corrected chi connectivity index (χ0v) is 9.91. The highest BCUT2D eigenvalue weighted by Crippen LogP contribution is 2.45. The fourth-order valence-electron chi connectivity index (χ4n) is 3.77. The van der Waals surface area contributed by atoms with Crippen LogP contribution in [0.2, 0.25) is 0 Å². The van der Waals surface area contributed by atoms with Gasteiger partial charge in [0.15, 0.2) is 0 Å². The number of rotatable bonds is 2. The second-order valence-electron chi connectivity index (χ2n) is 5.63. The van der Waals surface area contributed by atoms with Crippen LogP contribution in [-0.2, 0) is 0 Å². The predicted molar refractivity (Wildman–Crippen MR) is 62.2 cm³/mol. The van der Waals surface area contributed by atoms with Gasteiger partial charge in [-0.05, 0) is 49.9 Å². The summed E-state index contributed by atoms with van der Waals surface area (Å²) in [4.78, 5) is 0. The van der Waals surface area contributed by atoms with Gasteiger partial charge in [0, 0.05) is 5.92 Å². The van der Waals surface area contributed by atoms with Crippen molar-refractivity contribution in [3.63, 3.8) is 0 Å². The maximum atomic E-state index is 8.97. The number of nitriles is 1. The lowest BCUT2D eigenvalue weighted by atomic mass is 9.64. The van der Waals surface area contributed by atoms with Gasteiger partial charge in [-0.1, -0.05) is 26.2 Å². The van der Waals surface area contributed by atoms with Gasteiger partial charge in [-0.15, -0.1) is 0 Å². The van der Waals surface area contributed by atoms with Gasteiger partial charge >= 0.3 is 0 Å². The Morgan fingerprint density at radius 2 is 1.80 bits per heavy atom. The average molecular weight is 205 g/mol. The van der Waals surface area contributed by atoms with E-state index in [-0.39, 0.29) is 0 Å². The molecule has 0 aromatic rings. The van der Waals surface area contributed by atoms with E-state index in [1.54, 1.807) is 0 Å². The first-order chi connectivity index (χ1) is 7.33. The number of fused-ring (bicyclic) bond motifs is 1. The average Bonchev–Trinajstić information content (AvgIpc) is 2.29. The van der Waals surface area contributed by atoms with E-state index in [1.807, 2.05) is 0 Å². The molecule has 0 aromatic carbocycles. The Bertz CT molecular complexity index is 240. The molecule has 2 aliphatic carbocycles. The van der Waals surface area contributed by atoms with Crippen LogP contribution >= 0.6 is 0 Å². The van der Waals surface area contributed by atoms with E-state index >= 15 is 0 Å². The number of hydrogen-bond donors (Lipinski definition) is 0. The Labute approximate surface area is 93.9 Å². The molecule has 2 rings (SSSR count). The second kappa shape index (κ2) is 5.01. The minimum Gasteiger partial charge on any atom is -0.198 e. The van der Waals surface area contributed by atoms with Crippen molar-refractivity contribution in [3.8, 4) is 6.07 Å². The highest BCUT2D eigenvalue weighted by Gasteiger charge is 2.35. The summed E-state index contributed by atoms with van der Waals surface area (Å²) < 4.78 is 0. The van der Waals surface area contributed by atoms with Crippen molar-refractivity contribution in [2.24, 2.45) is 23.7 Å². The molecule has 0 heterocycles. The van der Waals surface area contributed by atoms with Crippen molar-refractivity contribution in [3.05, 3.63) is 0 Å². The van der Waals surface area contributed by atoms with Crippen molar-refractivity contribution < 1.29 is 0 Å². The van der Waals surface area contributed by atoms with Crippen molar-refractivity contribution >= 4 is 0 Å². The van der Waals surface area contributed by atoms with Gasteiger partial charge in [-0.2, -0.15) is 5.26 Å².